The molecule has 1 aliphatic heterocycles. The maximum absolute atomic E-state index is 13.2. The van der Waals surface area contributed by atoms with Gasteiger partial charge < -0.3 is 9.64 Å². The van der Waals surface area contributed by atoms with Gasteiger partial charge in [-0.2, -0.15) is 0 Å². The zero-order chi connectivity index (χ0) is 21.0. The molecule has 0 saturated carbocycles. The van der Waals surface area contributed by atoms with E-state index in [1.54, 1.807) is 7.11 Å². The average molecular weight is 415 g/mol. The molecule has 2 aromatic rings. The highest BCUT2D eigenvalue weighted by Crippen LogP contribution is 2.31. The van der Waals surface area contributed by atoms with Gasteiger partial charge in [-0.15, -0.1) is 16.8 Å². The number of ether oxygens (including phenoxy) is 1. The second-order valence-corrected chi connectivity index (χ2v) is 8.88. The number of piperidine rings is 1. The molecule has 29 heavy (non-hydrogen) atoms. The number of likely N-dealkylation sites (tertiary alicyclic amines) is 1. The molecule has 0 spiro atoms. The number of nitrogens with zero attached hydrogens (tertiary/aromatic N) is 4. The number of carbonyl (C=O) groups is 1. The molecule has 1 aromatic carbocycles. The zero-order valence-corrected chi connectivity index (χ0v) is 18.5. The van der Waals surface area contributed by atoms with Gasteiger partial charge in [0.25, 0.3) is 0 Å². The topological polar surface area (TPSA) is 60.2 Å². The fourth-order valence-electron chi connectivity index (χ4n) is 3.90. The second kappa shape index (κ2) is 9.48. The number of aromatic nitrogens is 3. The highest BCUT2D eigenvalue weighted by Gasteiger charge is 2.32. The minimum absolute atomic E-state index is 0.175. The molecule has 3 atom stereocenters. The second-order valence-electron chi connectivity index (χ2n) is 7.57. The van der Waals surface area contributed by atoms with E-state index >= 15 is 0 Å². The van der Waals surface area contributed by atoms with E-state index in [2.05, 4.69) is 35.5 Å². The summed E-state index contributed by atoms with van der Waals surface area (Å²) < 4.78 is 7.24. The maximum atomic E-state index is 13.2. The van der Waals surface area contributed by atoms with Gasteiger partial charge in [-0.05, 0) is 64.3 Å². The van der Waals surface area contributed by atoms with Gasteiger partial charge >= 0.3 is 0 Å². The lowest BCUT2D eigenvalue weighted by Gasteiger charge is -2.40. The first-order valence-electron chi connectivity index (χ1n) is 10.1. The summed E-state index contributed by atoms with van der Waals surface area (Å²) in [7, 11) is 1.65. The van der Waals surface area contributed by atoms with Gasteiger partial charge in [0.15, 0.2) is 11.0 Å². The number of hydrogen-bond donors (Lipinski definition) is 0. The number of benzene rings is 1. The van der Waals surface area contributed by atoms with Crippen molar-refractivity contribution in [1.82, 2.24) is 19.7 Å². The van der Waals surface area contributed by atoms with E-state index in [-0.39, 0.29) is 23.2 Å². The Hall–Kier alpha value is -2.28. The third-order valence-corrected chi connectivity index (χ3v) is 6.52. The van der Waals surface area contributed by atoms with Crippen molar-refractivity contribution in [3.8, 4) is 17.1 Å². The molecule has 3 rings (SSSR count). The highest BCUT2D eigenvalue weighted by molar-refractivity contribution is 8.00. The Bertz CT molecular complexity index is 839. The van der Waals surface area contributed by atoms with E-state index in [0.717, 1.165) is 35.1 Å². The minimum atomic E-state index is -0.227. The molecule has 1 saturated heterocycles. The first-order valence-corrected chi connectivity index (χ1v) is 11.0. The molecule has 7 heteroatoms. The normalized spacial score (nSPS) is 20.3. The van der Waals surface area contributed by atoms with Gasteiger partial charge in [-0.1, -0.05) is 17.8 Å². The highest BCUT2D eigenvalue weighted by atomic mass is 32.2. The third-order valence-electron chi connectivity index (χ3n) is 5.45. The molecule has 1 fully saturated rings. The zero-order valence-electron chi connectivity index (χ0n) is 17.7. The van der Waals surface area contributed by atoms with E-state index in [4.69, 9.17) is 4.74 Å². The molecule has 0 N–H and O–H groups in total. The molecule has 1 amide bonds. The summed E-state index contributed by atoms with van der Waals surface area (Å²) in [4.78, 5) is 15.2. The van der Waals surface area contributed by atoms with Crippen LogP contribution in [0.3, 0.4) is 0 Å². The average Bonchev–Trinajstić information content (AvgIpc) is 3.10. The summed E-state index contributed by atoms with van der Waals surface area (Å²) in [6.45, 7) is 10.7. The van der Waals surface area contributed by atoms with E-state index in [1.807, 2.05) is 41.8 Å². The van der Waals surface area contributed by atoms with E-state index in [1.165, 1.54) is 18.2 Å². The van der Waals surface area contributed by atoms with Crippen molar-refractivity contribution in [2.24, 2.45) is 0 Å². The van der Waals surface area contributed by atoms with Crippen LogP contribution in [-0.2, 0) is 11.3 Å². The van der Waals surface area contributed by atoms with Crippen molar-refractivity contribution in [3.63, 3.8) is 0 Å². The van der Waals surface area contributed by atoms with E-state index in [9.17, 15) is 4.79 Å². The van der Waals surface area contributed by atoms with Gasteiger partial charge in [0.1, 0.15) is 5.75 Å². The van der Waals surface area contributed by atoms with Crippen LogP contribution in [0.2, 0.25) is 0 Å². The number of methoxy groups -OCH3 is 1. The van der Waals surface area contributed by atoms with Crippen molar-refractivity contribution in [2.45, 2.75) is 69.1 Å². The Balaban J connectivity index is 1.82. The lowest BCUT2D eigenvalue weighted by molar-refractivity contribution is -0.136. The van der Waals surface area contributed by atoms with E-state index in [0.29, 0.717) is 6.54 Å². The van der Waals surface area contributed by atoms with Crippen molar-refractivity contribution in [2.75, 3.05) is 7.11 Å². The molecule has 0 unspecified atom stereocenters. The summed E-state index contributed by atoms with van der Waals surface area (Å²) in [5, 5.41) is 9.28. The van der Waals surface area contributed by atoms with Crippen LogP contribution < -0.4 is 4.74 Å². The number of rotatable bonds is 7. The summed E-state index contributed by atoms with van der Waals surface area (Å²) in [6.07, 6.45) is 5.15. The van der Waals surface area contributed by atoms with Crippen LogP contribution in [0, 0.1) is 0 Å². The van der Waals surface area contributed by atoms with Crippen molar-refractivity contribution >= 4 is 17.7 Å². The van der Waals surface area contributed by atoms with Crippen molar-refractivity contribution in [3.05, 3.63) is 36.9 Å². The molecule has 2 heterocycles. The Morgan fingerprint density at radius 3 is 2.52 bits per heavy atom. The Morgan fingerprint density at radius 1 is 1.28 bits per heavy atom. The summed E-state index contributed by atoms with van der Waals surface area (Å²) in [5.41, 5.74) is 0.948. The van der Waals surface area contributed by atoms with Gasteiger partial charge in [0.2, 0.25) is 5.91 Å². The largest absolute Gasteiger partial charge is 0.497 e. The van der Waals surface area contributed by atoms with Crippen LogP contribution in [0.5, 0.6) is 5.75 Å². The monoisotopic (exact) mass is 414 g/mol. The standard InChI is InChI=1S/C22H30N4O2S/c1-6-14-25-20(18-10-12-19(28-5)13-11-18)23-24-22(25)29-17(4)21(27)26-15(2)8-7-9-16(26)3/h6,10-13,15-17H,1,7-9,14H2,2-5H3/t15-,16-,17+/m0/s1. The Labute approximate surface area is 177 Å². The molecule has 0 aliphatic carbocycles. The Kier molecular flexibility index (Phi) is 7.00. The van der Waals surface area contributed by atoms with Crippen molar-refractivity contribution in [1.29, 1.82) is 0 Å². The maximum Gasteiger partial charge on any atom is 0.236 e. The summed E-state index contributed by atoms with van der Waals surface area (Å²) in [5.74, 6) is 1.73. The van der Waals surface area contributed by atoms with Gasteiger partial charge in [0.05, 0.1) is 12.4 Å². The Morgan fingerprint density at radius 2 is 1.93 bits per heavy atom. The molecule has 0 bridgehead atoms. The fourth-order valence-corrected chi connectivity index (χ4v) is 4.81. The van der Waals surface area contributed by atoms with Crippen LogP contribution in [0.25, 0.3) is 11.4 Å². The molecule has 0 radical (unpaired) electrons. The number of allylic oxidation sites excluding steroid dienone is 1. The molecule has 156 valence electrons. The summed E-state index contributed by atoms with van der Waals surface area (Å²) >= 11 is 1.46. The third kappa shape index (κ3) is 4.66. The minimum Gasteiger partial charge on any atom is -0.497 e. The van der Waals surface area contributed by atoms with Crippen LogP contribution in [0.15, 0.2) is 42.1 Å². The smallest absolute Gasteiger partial charge is 0.236 e. The predicted octanol–water partition coefficient (Wildman–Crippen LogP) is 4.41. The van der Waals surface area contributed by atoms with Crippen molar-refractivity contribution < 1.29 is 9.53 Å². The van der Waals surface area contributed by atoms with Gasteiger partial charge in [-0.3, -0.25) is 9.36 Å². The lowest BCUT2D eigenvalue weighted by atomic mass is 9.97. The lowest BCUT2D eigenvalue weighted by Crippen LogP contribution is -2.50. The number of hydrogen-bond acceptors (Lipinski definition) is 5. The number of thioether (sulfide) groups is 1. The first-order chi connectivity index (χ1) is 14.0. The van der Waals surface area contributed by atoms with Gasteiger partial charge in [0, 0.05) is 24.2 Å². The molecular formula is C22H30N4O2S. The van der Waals surface area contributed by atoms with Crippen LogP contribution in [0.4, 0.5) is 0 Å². The molecule has 1 aromatic heterocycles. The predicted molar refractivity (Wildman–Crippen MR) is 117 cm³/mol. The van der Waals surface area contributed by atoms with Crippen LogP contribution in [-0.4, -0.2) is 50.0 Å². The van der Waals surface area contributed by atoms with E-state index < -0.39 is 0 Å². The SMILES string of the molecule is C=CCn1c(S[C@H](C)C(=O)N2[C@@H](C)CCC[C@@H]2C)nnc1-c1ccc(OC)cc1. The number of amides is 1. The van der Waals surface area contributed by atoms with Gasteiger partial charge in [-0.25, -0.2) is 0 Å². The summed E-state index contributed by atoms with van der Waals surface area (Å²) in [6, 6.07) is 8.30. The van der Waals surface area contributed by atoms with Crippen LogP contribution in [0.1, 0.15) is 40.0 Å². The quantitative estimate of drug-likeness (QED) is 0.496. The molecular weight excluding hydrogens is 384 g/mol. The molecule has 1 aliphatic rings. The fraction of sp³-hybridized carbons (Fsp3) is 0.500. The van der Waals surface area contributed by atoms with Crippen LogP contribution >= 0.6 is 11.8 Å². The number of carbonyl (C=O) groups excluding carboxylic acids is 1. The molecule has 6 nitrogen and oxygen atoms in total. The first kappa shape index (κ1) is 21.4.